The third-order valence-corrected chi connectivity index (χ3v) is 2.06. The number of benzene rings is 1. The van der Waals surface area contributed by atoms with Crippen LogP contribution in [0.15, 0.2) is 48.1 Å². The van der Waals surface area contributed by atoms with Crippen molar-refractivity contribution >= 4 is 5.69 Å². The molecule has 0 saturated carbocycles. The van der Waals surface area contributed by atoms with Gasteiger partial charge in [-0.25, -0.2) is 4.98 Å². The van der Waals surface area contributed by atoms with E-state index in [2.05, 4.69) is 15.0 Å². The number of hydrogen-bond acceptors (Lipinski definition) is 2. The minimum absolute atomic E-state index is 0.661. The van der Waals surface area contributed by atoms with Crippen LogP contribution >= 0.6 is 0 Å². The predicted octanol–water partition coefficient (Wildman–Crippen LogP) is 2.87. The largest absolute Gasteiger partial charge is 0.333 e. The summed E-state index contributed by atoms with van der Waals surface area (Å²) in [5.41, 5.74) is 10.1. The normalized spacial score (nSPS) is 9.60. The van der Waals surface area contributed by atoms with Crippen molar-refractivity contribution < 1.29 is 0 Å². The molecular formula is C10H9N5. The van der Waals surface area contributed by atoms with Crippen LogP contribution in [0.5, 0.6) is 0 Å². The van der Waals surface area contributed by atoms with Gasteiger partial charge in [-0.05, 0) is 11.1 Å². The molecule has 0 spiro atoms. The number of rotatable bonds is 3. The van der Waals surface area contributed by atoms with E-state index in [9.17, 15) is 0 Å². The SMILES string of the molecule is [N-]=[N+]=Nc1ccccc1Cn1ccnc1. The van der Waals surface area contributed by atoms with Crippen LogP contribution in [-0.4, -0.2) is 9.55 Å². The summed E-state index contributed by atoms with van der Waals surface area (Å²) < 4.78 is 1.92. The number of hydrogen-bond donors (Lipinski definition) is 0. The zero-order valence-corrected chi connectivity index (χ0v) is 7.98. The summed E-state index contributed by atoms with van der Waals surface area (Å²) in [6.07, 6.45) is 5.32. The molecule has 0 atom stereocenters. The van der Waals surface area contributed by atoms with Crippen molar-refractivity contribution in [2.24, 2.45) is 5.11 Å². The van der Waals surface area contributed by atoms with Crippen molar-refractivity contribution in [2.75, 3.05) is 0 Å². The van der Waals surface area contributed by atoms with Crippen molar-refractivity contribution in [3.8, 4) is 0 Å². The highest BCUT2D eigenvalue weighted by Crippen LogP contribution is 2.19. The second-order valence-corrected chi connectivity index (χ2v) is 3.05. The fourth-order valence-electron chi connectivity index (χ4n) is 1.37. The van der Waals surface area contributed by atoms with Crippen LogP contribution in [-0.2, 0) is 6.54 Å². The van der Waals surface area contributed by atoms with E-state index in [4.69, 9.17) is 5.53 Å². The van der Waals surface area contributed by atoms with Crippen LogP contribution in [0.4, 0.5) is 5.69 Å². The third-order valence-electron chi connectivity index (χ3n) is 2.06. The van der Waals surface area contributed by atoms with Gasteiger partial charge in [0.05, 0.1) is 6.33 Å². The van der Waals surface area contributed by atoms with Crippen LogP contribution in [0.1, 0.15) is 5.56 Å². The maximum Gasteiger partial charge on any atom is 0.0949 e. The summed E-state index contributed by atoms with van der Waals surface area (Å²) in [5.74, 6) is 0. The van der Waals surface area contributed by atoms with Crippen molar-refractivity contribution in [3.63, 3.8) is 0 Å². The van der Waals surface area contributed by atoms with Gasteiger partial charge in [0.25, 0.3) is 0 Å². The van der Waals surface area contributed by atoms with E-state index in [1.165, 1.54) is 0 Å². The van der Waals surface area contributed by atoms with Crippen molar-refractivity contribution in [2.45, 2.75) is 6.54 Å². The van der Waals surface area contributed by atoms with Gasteiger partial charge in [-0.3, -0.25) is 0 Å². The Labute approximate surface area is 86.6 Å². The molecule has 2 aromatic rings. The van der Waals surface area contributed by atoms with Gasteiger partial charge in [0.15, 0.2) is 0 Å². The zero-order valence-electron chi connectivity index (χ0n) is 7.98. The fourth-order valence-corrected chi connectivity index (χ4v) is 1.37. The molecule has 0 aliphatic carbocycles. The second-order valence-electron chi connectivity index (χ2n) is 3.05. The van der Waals surface area contributed by atoms with E-state index < -0.39 is 0 Å². The molecule has 1 heterocycles. The number of imidazole rings is 1. The molecule has 5 nitrogen and oxygen atoms in total. The Morgan fingerprint density at radius 2 is 2.27 bits per heavy atom. The maximum atomic E-state index is 8.41. The molecular weight excluding hydrogens is 190 g/mol. The molecule has 0 unspecified atom stereocenters. The predicted molar refractivity (Wildman–Crippen MR) is 56.6 cm³/mol. The fraction of sp³-hybridized carbons (Fsp3) is 0.100. The monoisotopic (exact) mass is 199 g/mol. The number of nitrogens with zero attached hydrogens (tertiary/aromatic N) is 5. The van der Waals surface area contributed by atoms with E-state index in [1.54, 1.807) is 18.6 Å². The summed E-state index contributed by atoms with van der Waals surface area (Å²) >= 11 is 0. The highest BCUT2D eigenvalue weighted by atomic mass is 15.1. The van der Waals surface area contributed by atoms with Gasteiger partial charge in [0.1, 0.15) is 0 Å². The lowest BCUT2D eigenvalue weighted by atomic mass is 10.2. The Hall–Kier alpha value is -2.26. The topological polar surface area (TPSA) is 66.6 Å². The first-order valence-corrected chi connectivity index (χ1v) is 4.49. The quantitative estimate of drug-likeness (QED) is 0.425. The minimum Gasteiger partial charge on any atom is -0.333 e. The van der Waals surface area contributed by atoms with Gasteiger partial charge in [0.2, 0.25) is 0 Å². The summed E-state index contributed by atoms with van der Waals surface area (Å²) in [5, 5.41) is 3.63. The lowest BCUT2D eigenvalue weighted by Crippen LogP contribution is -1.96. The smallest absolute Gasteiger partial charge is 0.0949 e. The summed E-state index contributed by atoms with van der Waals surface area (Å²) in [6.45, 7) is 0.662. The van der Waals surface area contributed by atoms with Crippen LogP contribution in [0.2, 0.25) is 0 Å². The number of azide groups is 1. The molecule has 0 aliphatic rings. The molecule has 15 heavy (non-hydrogen) atoms. The van der Waals surface area contributed by atoms with Crippen LogP contribution in [0.3, 0.4) is 0 Å². The molecule has 0 amide bonds. The van der Waals surface area contributed by atoms with E-state index in [0.717, 1.165) is 5.56 Å². The van der Waals surface area contributed by atoms with E-state index >= 15 is 0 Å². The highest BCUT2D eigenvalue weighted by molar-refractivity contribution is 5.45. The lowest BCUT2D eigenvalue weighted by Gasteiger charge is -2.04. The minimum atomic E-state index is 0.661. The average Bonchev–Trinajstić information content (AvgIpc) is 2.74. The molecule has 0 saturated heterocycles. The first-order chi connectivity index (χ1) is 7.40. The number of aromatic nitrogens is 2. The second kappa shape index (κ2) is 4.30. The Kier molecular flexibility index (Phi) is 2.67. The molecule has 0 bridgehead atoms. The van der Waals surface area contributed by atoms with Gasteiger partial charge in [-0.15, -0.1) is 0 Å². The Morgan fingerprint density at radius 3 is 3.00 bits per heavy atom. The summed E-state index contributed by atoms with van der Waals surface area (Å²) in [6, 6.07) is 7.50. The standard InChI is InChI=1S/C10H9N5/c11-14-13-10-4-2-1-3-9(10)7-15-6-5-12-8-15/h1-6,8H,7H2. The van der Waals surface area contributed by atoms with Crippen molar-refractivity contribution in [1.29, 1.82) is 0 Å². The Bertz CT molecular complexity index is 482. The zero-order chi connectivity index (χ0) is 10.5. The van der Waals surface area contributed by atoms with Crippen molar-refractivity contribution in [1.82, 2.24) is 9.55 Å². The third kappa shape index (κ3) is 2.15. The molecule has 0 N–H and O–H groups in total. The Morgan fingerprint density at radius 1 is 1.40 bits per heavy atom. The molecule has 0 radical (unpaired) electrons. The van der Waals surface area contributed by atoms with Crippen molar-refractivity contribution in [3.05, 3.63) is 59.0 Å². The molecule has 0 aliphatic heterocycles. The van der Waals surface area contributed by atoms with Gasteiger partial charge in [-0.1, -0.05) is 29.4 Å². The van der Waals surface area contributed by atoms with Gasteiger partial charge < -0.3 is 4.57 Å². The lowest BCUT2D eigenvalue weighted by molar-refractivity contribution is 0.797. The first kappa shape index (κ1) is 9.30. The molecule has 74 valence electrons. The van der Waals surface area contributed by atoms with Crippen LogP contribution in [0.25, 0.3) is 10.4 Å². The molecule has 5 heteroatoms. The average molecular weight is 199 g/mol. The van der Waals surface area contributed by atoms with E-state index in [0.29, 0.717) is 12.2 Å². The van der Waals surface area contributed by atoms with Gasteiger partial charge in [-0.2, -0.15) is 0 Å². The van der Waals surface area contributed by atoms with Gasteiger partial charge in [0, 0.05) is 29.5 Å². The molecule has 1 aromatic heterocycles. The highest BCUT2D eigenvalue weighted by Gasteiger charge is 1.99. The van der Waals surface area contributed by atoms with E-state index in [-0.39, 0.29) is 0 Å². The maximum absolute atomic E-state index is 8.41. The molecule has 2 rings (SSSR count). The van der Waals surface area contributed by atoms with Crippen LogP contribution in [0, 0.1) is 0 Å². The summed E-state index contributed by atoms with van der Waals surface area (Å²) in [7, 11) is 0. The van der Waals surface area contributed by atoms with E-state index in [1.807, 2.05) is 29.0 Å². The van der Waals surface area contributed by atoms with Crippen LogP contribution < -0.4 is 0 Å². The molecule has 0 fully saturated rings. The van der Waals surface area contributed by atoms with Gasteiger partial charge >= 0.3 is 0 Å². The molecule has 1 aromatic carbocycles. The first-order valence-electron chi connectivity index (χ1n) is 4.49. The summed E-state index contributed by atoms with van der Waals surface area (Å²) in [4.78, 5) is 6.75. The Balaban J connectivity index is 2.31.